The summed E-state index contributed by atoms with van der Waals surface area (Å²) in [5.74, 6) is -0.165. The molecule has 88 valence electrons. The fourth-order valence-electron chi connectivity index (χ4n) is 2.65. The van der Waals surface area contributed by atoms with Crippen LogP contribution in [0.1, 0.15) is 36.5 Å². The summed E-state index contributed by atoms with van der Waals surface area (Å²) >= 11 is 0. The largest absolute Gasteiger partial charge is 0.299 e. The summed E-state index contributed by atoms with van der Waals surface area (Å²) in [5.41, 5.74) is 0.422. The Morgan fingerprint density at radius 2 is 1.88 bits per heavy atom. The van der Waals surface area contributed by atoms with E-state index in [0.29, 0.717) is 12.0 Å². The highest BCUT2D eigenvalue weighted by atomic mass is 16.2. The second-order valence-corrected chi connectivity index (χ2v) is 4.61. The first kappa shape index (κ1) is 11.8. The molecule has 1 fully saturated rings. The van der Waals surface area contributed by atoms with Crippen LogP contribution in [0.5, 0.6) is 0 Å². The maximum absolute atomic E-state index is 12.5. The molecular weight excluding hydrogens is 212 g/mol. The van der Waals surface area contributed by atoms with Crippen LogP contribution in [-0.2, 0) is 4.79 Å². The first-order chi connectivity index (χ1) is 8.09. The third-order valence-electron chi connectivity index (χ3n) is 3.66. The van der Waals surface area contributed by atoms with Crippen molar-refractivity contribution in [3.63, 3.8) is 0 Å². The van der Waals surface area contributed by atoms with Gasteiger partial charge in [0.05, 0.1) is 0 Å². The van der Waals surface area contributed by atoms with E-state index in [1.165, 1.54) is 6.92 Å². The number of carbonyl (C=O) groups excluding carboxylic acids is 2. The van der Waals surface area contributed by atoms with Crippen molar-refractivity contribution in [2.45, 2.75) is 26.2 Å². The van der Waals surface area contributed by atoms with Crippen LogP contribution in [0.15, 0.2) is 42.5 Å². The van der Waals surface area contributed by atoms with Gasteiger partial charge in [-0.15, -0.1) is 0 Å². The maximum atomic E-state index is 12.5. The van der Waals surface area contributed by atoms with Crippen molar-refractivity contribution in [3.05, 3.63) is 48.0 Å². The Morgan fingerprint density at radius 1 is 1.24 bits per heavy atom. The SMILES string of the molecule is C=C1CCC[C@]1(C(C)=O)C(=O)c1ccccc1. The predicted molar refractivity (Wildman–Crippen MR) is 66.9 cm³/mol. The number of ketones is 2. The molecule has 2 heteroatoms. The Kier molecular flexibility index (Phi) is 2.97. The van der Waals surface area contributed by atoms with E-state index in [1.807, 2.05) is 18.2 Å². The standard InChI is InChI=1S/C15H16O2/c1-11-7-6-10-15(11,12(2)16)14(17)13-8-4-3-5-9-13/h3-5,8-9H,1,6-7,10H2,2H3/t15-/m0/s1. The van der Waals surface area contributed by atoms with Crippen molar-refractivity contribution >= 4 is 11.6 Å². The summed E-state index contributed by atoms with van der Waals surface area (Å²) in [7, 11) is 0. The zero-order valence-corrected chi connectivity index (χ0v) is 10.0. The molecule has 0 aliphatic heterocycles. The lowest BCUT2D eigenvalue weighted by atomic mass is 9.73. The third-order valence-corrected chi connectivity index (χ3v) is 3.66. The maximum Gasteiger partial charge on any atom is 0.180 e. The van der Waals surface area contributed by atoms with Gasteiger partial charge in [0.25, 0.3) is 0 Å². The Bertz CT molecular complexity index is 473. The summed E-state index contributed by atoms with van der Waals surface area (Å²) in [6.07, 6.45) is 2.25. The average molecular weight is 228 g/mol. The average Bonchev–Trinajstić information content (AvgIpc) is 2.72. The zero-order valence-electron chi connectivity index (χ0n) is 10.0. The smallest absolute Gasteiger partial charge is 0.180 e. The molecule has 0 amide bonds. The first-order valence-electron chi connectivity index (χ1n) is 5.88. The van der Waals surface area contributed by atoms with Crippen molar-refractivity contribution in [2.75, 3.05) is 0 Å². The summed E-state index contributed by atoms with van der Waals surface area (Å²) < 4.78 is 0. The van der Waals surface area contributed by atoms with E-state index < -0.39 is 5.41 Å². The molecule has 1 aromatic carbocycles. The molecular formula is C15H16O2. The molecule has 0 unspecified atom stereocenters. The van der Waals surface area contributed by atoms with Crippen LogP contribution >= 0.6 is 0 Å². The van der Waals surface area contributed by atoms with Crippen LogP contribution in [0, 0.1) is 5.41 Å². The summed E-state index contributed by atoms with van der Waals surface area (Å²) in [6, 6.07) is 9.02. The molecule has 0 N–H and O–H groups in total. The molecule has 0 radical (unpaired) electrons. The highest BCUT2D eigenvalue weighted by Gasteiger charge is 2.48. The normalized spacial score (nSPS) is 23.7. The molecule has 0 aromatic heterocycles. The molecule has 2 rings (SSSR count). The molecule has 0 heterocycles. The van der Waals surface area contributed by atoms with Gasteiger partial charge in [-0.1, -0.05) is 42.5 Å². The number of hydrogen-bond acceptors (Lipinski definition) is 2. The van der Waals surface area contributed by atoms with Gasteiger partial charge in [-0.3, -0.25) is 9.59 Å². The topological polar surface area (TPSA) is 34.1 Å². The van der Waals surface area contributed by atoms with Gasteiger partial charge in [-0.2, -0.15) is 0 Å². The molecule has 1 saturated carbocycles. The van der Waals surface area contributed by atoms with E-state index in [9.17, 15) is 9.59 Å². The highest BCUT2D eigenvalue weighted by Crippen LogP contribution is 2.45. The van der Waals surface area contributed by atoms with Crippen molar-refractivity contribution in [1.29, 1.82) is 0 Å². The summed E-state index contributed by atoms with van der Waals surface area (Å²) in [4.78, 5) is 24.5. The number of allylic oxidation sites excluding steroid dienone is 1. The second kappa shape index (κ2) is 4.28. The van der Waals surface area contributed by atoms with Gasteiger partial charge in [0.2, 0.25) is 0 Å². The summed E-state index contributed by atoms with van der Waals surface area (Å²) in [5, 5.41) is 0. The van der Waals surface area contributed by atoms with Crippen LogP contribution in [0.25, 0.3) is 0 Å². The molecule has 2 nitrogen and oxygen atoms in total. The molecule has 0 saturated heterocycles. The van der Waals surface area contributed by atoms with Crippen LogP contribution in [-0.4, -0.2) is 11.6 Å². The Morgan fingerprint density at radius 3 is 2.35 bits per heavy atom. The quantitative estimate of drug-likeness (QED) is 0.452. The number of hydrogen-bond donors (Lipinski definition) is 0. The lowest BCUT2D eigenvalue weighted by Crippen LogP contribution is -2.36. The van der Waals surface area contributed by atoms with Gasteiger partial charge in [0.15, 0.2) is 5.78 Å². The van der Waals surface area contributed by atoms with Crippen LogP contribution in [0.2, 0.25) is 0 Å². The van der Waals surface area contributed by atoms with E-state index in [0.717, 1.165) is 18.4 Å². The third kappa shape index (κ3) is 1.74. The lowest BCUT2D eigenvalue weighted by molar-refractivity contribution is -0.122. The molecule has 1 aliphatic rings. The molecule has 0 bridgehead atoms. The molecule has 1 aliphatic carbocycles. The minimum absolute atomic E-state index is 0.0751. The zero-order chi connectivity index (χ0) is 12.5. The van der Waals surface area contributed by atoms with Gasteiger partial charge < -0.3 is 0 Å². The highest BCUT2D eigenvalue weighted by molar-refractivity contribution is 6.16. The Labute approximate surface area is 101 Å². The van der Waals surface area contributed by atoms with Gasteiger partial charge in [-0.25, -0.2) is 0 Å². The van der Waals surface area contributed by atoms with E-state index in [-0.39, 0.29) is 11.6 Å². The predicted octanol–water partition coefficient (Wildman–Crippen LogP) is 3.18. The van der Waals surface area contributed by atoms with Crippen LogP contribution < -0.4 is 0 Å². The number of Topliss-reactive ketones (excluding diaryl/α,β-unsaturated/α-hetero) is 2. The van der Waals surface area contributed by atoms with Gasteiger partial charge in [-0.05, 0) is 26.2 Å². The molecule has 1 aromatic rings. The fourth-order valence-corrected chi connectivity index (χ4v) is 2.65. The van der Waals surface area contributed by atoms with E-state index >= 15 is 0 Å². The first-order valence-corrected chi connectivity index (χ1v) is 5.88. The van der Waals surface area contributed by atoms with E-state index in [2.05, 4.69) is 6.58 Å². The van der Waals surface area contributed by atoms with Crippen molar-refractivity contribution in [2.24, 2.45) is 5.41 Å². The lowest BCUT2D eigenvalue weighted by Gasteiger charge is -2.25. The fraction of sp³-hybridized carbons (Fsp3) is 0.333. The van der Waals surface area contributed by atoms with Gasteiger partial charge >= 0.3 is 0 Å². The Hall–Kier alpha value is -1.70. The summed E-state index contributed by atoms with van der Waals surface area (Å²) in [6.45, 7) is 5.43. The number of benzene rings is 1. The van der Waals surface area contributed by atoms with Crippen molar-refractivity contribution in [1.82, 2.24) is 0 Å². The Balaban J connectivity index is 2.46. The van der Waals surface area contributed by atoms with Crippen molar-refractivity contribution in [3.8, 4) is 0 Å². The molecule has 1 atom stereocenters. The number of carbonyl (C=O) groups is 2. The second-order valence-electron chi connectivity index (χ2n) is 4.61. The molecule has 17 heavy (non-hydrogen) atoms. The van der Waals surface area contributed by atoms with Gasteiger partial charge in [0.1, 0.15) is 11.2 Å². The van der Waals surface area contributed by atoms with Crippen LogP contribution in [0.3, 0.4) is 0 Å². The van der Waals surface area contributed by atoms with Crippen LogP contribution in [0.4, 0.5) is 0 Å². The molecule has 0 spiro atoms. The van der Waals surface area contributed by atoms with Gasteiger partial charge in [0, 0.05) is 5.56 Å². The monoisotopic (exact) mass is 228 g/mol. The van der Waals surface area contributed by atoms with E-state index in [1.54, 1.807) is 12.1 Å². The van der Waals surface area contributed by atoms with E-state index in [4.69, 9.17) is 0 Å². The van der Waals surface area contributed by atoms with Crippen molar-refractivity contribution < 1.29 is 9.59 Å². The minimum atomic E-state index is -0.957. The number of rotatable bonds is 3. The minimum Gasteiger partial charge on any atom is -0.299 e.